The first kappa shape index (κ1) is 23.4. The molecule has 0 saturated heterocycles. The zero-order valence-electron chi connectivity index (χ0n) is 17.4. The van der Waals surface area contributed by atoms with Crippen LogP contribution in [0.4, 0.5) is 0 Å². The zero-order chi connectivity index (χ0) is 21.8. The molecule has 5 heteroatoms. The highest BCUT2D eigenvalue weighted by Crippen LogP contribution is 2.33. The van der Waals surface area contributed by atoms with Crippen LogP contribution in [0.2, 0.25) is 0 Å². The number of aliphatic hydroxyl groups excluding tert-OH is 1. The molecule has 150 valence electrons. The van der Waals surface area contributed by atoms with Gasteiger partial charge in [0.15, 0.2) is 11.3 Å². The Morgan fingerprint density at radius 1 is 1.24 bits per heavy atom. The minimum absolute atomic E-state index is 0.246. The molecule has 1 N–H and O–H groups in total. The van der Waals surface area contributed by atoms with Crippen molar-refractivity contribution >= 4 is 23.5 Å². The number of pyridine rings is 1. The smallest absolute Gasteiger partial charge is 0.350 e. The summed E-state index contributed by atoms with van der Waals surface area (Å²) in [6.45, 7) is 5.69. The standard InChI is InChI=1S/C21H19NO3.C3H7N/c1-5-14(3)18-17(15-10-8-7-9-11-15)12-13-22-19(18)20(23)16(6-2)21(24)25-4;1-3-4-2/h2,5,7-13,23H,1,3-4H3;3H,1-2H3/b14-5-,20-16-;. The first-order chi connectivity index (χ1) is 14.0. The van der Waals surface area contributed by atoms with Crippen LogP contribution in [-0.2, 0) is 9.53 Å². The molecule has 0 atom stereocenters. The lowest BCUT2D eigenvalue weighted by atomic mass is 9.92. The lowest BCUT2D eigenvalue weighted by molar-refractivity contribution is -0.135. The SMILES string of the molecule is C#C/C(C(=O)OC)=C(/O)c1nccc(-c2ccccc2)c1/C(C)=C\C.CC=NC. The molecule has 0 amide bonds. The number of rotatable bonds is 4. The Balaban J connectivity index is 0.000000960. The second-order valence-electron chi connectivity index (χ2n) is 5.80. The number of hydrogen-bond donors (Lipinski definition) is 1. The molecule has 0 fully saturated rings. The maximum Gasteiger partial charge on any atom is 0.350 e. The van der Waals surface area contributed by atoms with Crippen molar-refractivity contribution in [2.75, 3.05) is 14.2 Å². The first-order valence-electron chi connectivity index (χ1n) is 8.99. The monoisotopic (exact) mass is 390 g/mol. The molecule has 2 rings (SSSR count). The van der Waals surface area contributed by atoms with Gasteiger partial charge in [0.05, 0.1) is 7.11 Å². The average molecular weight is 390 g/mol. The van der Waals surface area contributed by atoms with E-state index in [0.717, 1.165) is 16.7 Å². The normalized spacial score (nSPS) is 11.8. The summed E-state index contributed by atoms with van der Waals surface area (Å²) in [5.74, 6) is 1.04. The number of nitrogens with zero attached hydrogens (tertiary/aromatic N) is 2. The van der Waals surface area contributed by atoms with E-state index in [9.17, 15) is 9.90 Å². The third-order valence-corrected chi connectivity index (χ3v) is 4.12. The van der Waals surface area contributed by atoms with Gasteiger partial charge in [-0.2, -0.15) is 0 Å². The van der Waals surface area contributed by atoms with Crippen LogP contribution in [0.5, 0.6) is 0 Å². The van der Waals surface area contributed by atoms with Crippen molar-refractivity contribution in [1.29, 1.82) is 0 Å². The summed E-state index contributed by atoms with van der Waals surface area (Å²) >= 11 is 0. The Morgan fingerprint density at radius 2 is 1.86 bits per heavy atom. The summed E-state index contributed by atoms with van der Waals surface area (Å²) in [5.41, 5.74) is 3.45. The Kier molecular flexibility index (Phi) is 9.63. The van der Waals surface area contributed by atoms with Crippen molar-refractivity contribution in [1.82, 2.24) is 4.98 Å². The molecular weight excluding hydrogens is 364 g/mol. The molecular formula is C24H26N2O3. The Bertz CT molecular complexity index is 961. The summed E-state index contributed by atoms with van der Waals surface area (Å²) < 4.78 is 4.65. The number of aliphatic hydroxyl groups is 1. The molecule has 5 nitrogen and oxygen atoms in total. The van der Waals surface area contributed by atoms with E-state index in [-0.39, 0.29) is 17.0 Å². The molecule has 0 saturated carbocycles. The van der Waals surface area contributed by atoms with E-state index < -0.39 is 5.97 Å². The van der Waals surface area contributed by atoms with Crippen molar-refractivity contribution in [3.8, 4) is 23.5 Å². The Labute approximate surface area is 172 Å². The maximum absolute atomic E-state index is 11.8. The number of benzene rings is 1. The molecule has 0 aliphatic heterocycles. The lowest BCUT2D eigenvalue weighted by Crippen LogP contribution is -2.08. The topological polar surface area (TPSA) is 71.8 Å². The fourth-order valence-corrected chi connectivity index (χ4v) is 2.49. The van der Waals surface area contributed by atoms with Gasteiger partial charge in [0.1, 0.15) is 5.69 Å². The highest BCUT2D eigenvalue weighted by molar-refractivity contribution is 6.01. The second-order valence-corrected chi connectivity index (χ2v) is 5.80. The minimum Gasteiger partial charge on any atom is -0.504 e. The molecule has 0 spiro atoms. The Morgan fingerprint density at radius 3 is 2.34 bits per heavy atom. The van der Waals surface area contributed by atoms with Gasteiger partial charge < -0.3 is 14.8 Å². The molecule has 1 heterocycles. The lowest BCUT2D eigenvalue weighted by Gasteiger charge is -2.15. The van der Waals surface area contributed by atoms with E-state index in [2.05, 4.69) is 20.6 Å². The summed E-state index contributed by atoms with van der Waals surface area (Å²) in [4.78, 5) is 19.7. The van der Waals surface area contributed by atoms with Gasteiger partial charge in [0.25, 0.3) is 0 Å². The molecule has 0 bridgehead atoms. The number of carbonyl (C=O) groups excluding carboxylic acids is 1. The number of aromatic nitrogens is 1. The largest absolute Gasteiger partial charge is 0.504 e. The van der Waals surface area contributed by atoms with Gasteiger partial charge in [-0.1, -0.05) is 42.3 Å². The number of carbonyl (C=O) groups is 1. The maximum atomic E-state index is 11.8. The van der Waals surface area contributed by atoms with E-state index in [4.69, 9.17) is 6.42 Å². The molecule has 29 heavy (non-hydrogen) atoms. The third kappa shape index (κ3) is 5.91. The van der Waals surface area contributed by atoms with Crippen LogP contribution in [0.15, 0.2) is 59.2 Å². The fraction of sp³-hybridized carbons (Fsp3) is 0.208. The minimum atomic E-state index is -0.781. The first-order valence-corrected chi connectivity index (χ1v) is 8.99. The van der Waals surface area contributed by atoms with Gasteiger partial charge in [-0.3, -0.25) is 4.98 Å². The highest BCUT2D eigenvalue weighted by atomic mass is 16.5. The molecule has 1 aromatic carbocycles. The van der Waals surface area contributed by atoms with Gasteiger partial charge in [-0.25, -0.2) is 4.79 Å². The van der Waals surface area contributed by atoms with Crippen LogP contribution in [0, 0.1) is 12.3 Å². The summed E-state index contributed by atoms with van der Waals surface area (Å²) in [6.07, 6.45) is 10.6. The molecule has 0 aliphatic carbocycles. The number of hydrogen-bond acceptors (Lipinski definition) is 5. The predicted octanol–water partition coefficient (Wildman–Crippen LogP) is 4.95. The number of terminal acetylenes is 1. The average Bonchev–Trinajstić information content (AvgIpc) is 2.78. The van der Waals surface area contributed by atoms with Crippen LogP contribution in [0.1, 0.15) is 32.0 Å². The van der Waals surface area contributed by atoms with E-state index in [1.165, 1.54) is 7.11 Å². The van der Waals surface area contributed by atoms with Gasteiger partial charge >= 0.3 is 5.97 Å². The third-order valence-electron chi connectivity index (χ3n) is 4.12. The summed E-state index contributed by atoms with van der Waals surface area (Å²) in [5, 5.41) is 10.6. The van der Waals surface area contributed by atoms with Crippen LogP contribution in [0.25, 0.3) is 22.5 Å². The second kappa shape index (κ2) is 11.9. The fourth-order valence-electron chi connectivity index (χ4n) is 2.49. The van der Waals surface area contributed by atoms with E-state index in [1.807, 2.05) is 63.2 Å². The van der Waals surface area contributed by atoms with Crippen LogP contribution >= 0.6 is 0 Å². The summed E-state index contributed by atoms with van der Waals surface area (Å²) in [6, 6.07) is 11.6. The zero-order valence-corrected chi connectivity index (χ0v) is 17.4. The van der Waals surface area contributed by atoms with Crippen LogP contribution < -0.4 is 0 Å². The van der Waals surface area contributed by atoms with Gasteiger partial charge in [0, 0.05) is 18.8 Å². The van der Waals surface area contributed by atoms with Gasteiger partial charge in [-0.05, 0) is 49.8 Å². The molecule has 2 aromatic rings. The van der Waals surface area contributed by atoms with Crippen molar-refractivity contribution in [2.45, 2.75) is 20.8 Å². The predicted molar refractivity (Wildman–Crippen MR) is 119 cm³/mol. The van der Waals surface area contributed by atoms with E-state index in [0.29, 0.717) is 5.56 Å². The number of aliphatic imine (C=N–C) groups is 1. The number of ether oxygens (including phenoxy) is 1. The van der Waals surface area contributed by atoms with Crippen molar-refractivity contribution in [3.63, 3.8) is 0 Å². The van der Waals surface area contributed by atoms with E-state index >= 15 is 0 Å². The van der Waals surface area contributed by atoms with Gasteiger partial charge in [0.2, 0.25) is 0 Å². The van der Waals surface area contributed by atoms with Crippen LogP contribution in [-0.4, -0.2) is 36.4 Å². The van der Waals surface area contributed by atoms with Crippen molar-refractivity contribution in [2.24, 2.45) is 4.99 Å². The Hall–Kier alpha value is -3.65. The van der Waals surface area contributed by atoms with Crippen LogP contribution in [0.3, 0.4) is 0 Å². The van der Waals surface area contributed by atoms with Gasteiger partial charge in [-0.15, -0.1) is 6.42 Å². The quantitative estimate of drug-likeness (QED) is 0.263. The highest BCUT2D eigenvalue weighted by Gasteiger charge is 2.21. The summed E-state index contributed by atoms with van der Waals surface area (Å²) in [7, 11) is 2.96. The van der Waals surface area contributed by atoms with Crippen molar-refractivity contribution in [3.05, 3.63) is 65.5 Å². The number of methoxy groups -OCH3 is 1. The molecule has 1 aromatic heterocycles. The number of allylic oxidation sites excluding steroid dienone is 2. The molecule has 0 unspecified atom stereocenters. The van der Waals surface area contributed by atoms with E-state index in [1.54, 1.807) is 19.5 Å². The molecule has 0 radical (unpaired) electrons. The molecule has 0 aliphatic rings. The number of esters is 1. The van der Waals surface area contributed by atoms with Crippen molar-refractivity contribution < 1.29 is 14.6 Å².